The predicted molar refractivity (Wildman–Crippen MR) is 83.5 cm³/mol. The van der Waals surface area contributed by atoms with Crippen LogP contribution in [0.1, 0.15) is 31.4 Å². The van der Waals surface area contributed by atoms with Gasteiger partial charge in [0.25, 0.3) is 0 Å². The zero-order chi connectivity index (χ0) is 16.0. The minimum absolute atomic E-state index is 0.0366. The molecule has 0 atom stereocenters. The molecule has 0 aliphatic heterocycles. The van der Waals surface area contributed by atoms with Crippen molar-refractivity contribution in [3.63, 3.8) is 0 Å². The molecule has 0 unspecified atom stereocenters. The number of benzene rings is 1. The van der Waals surface area contributed by atoms with Crippen molar-refractivity contribution in [2.24, 2.45) is 0 Å². The standard InChI is InChI=1S/C16H24N2O3/c1-11(2)18(8-7-16(20)21)10-15(19)17-14-9-12(3)5-6-13(14)4/h5-6,9,11H,7-8,10H2,1-4H3,(H,17,19)(H,20,21). The topological polar surface area (TPSA) is 69.6 Å². The van der Waals surface area contributed by atoms with Crippen LogP contribution in [0.5, 0.6) is 0 Å². The van der Waals surface area contributed by atoms with Crippen LogP contribution in [0.4, 0.5) is 5.69 Å². The monoisotopic (exact) mass is 292 g/mol. The highest BCUT2D eigenvalue weighted by atomic mass is 16.4. The zero-order valence-corrected chi connectivity index (χ0v) is 13.1. The highest BCUT2D eigenvalue weighted by Crippen LogP contribution is 2.16. The quantitative estimate of drug-likeness (QED) is 0.810. The van der Waals surface area contributed by atoms with E-state index < -0.39 is 5.97 Å². The molecule has 0 aromatic heterocycles. The molecule has 0 aliphatic carbocycles. The van der Waals surface area contributed by atoms with Crippen LogP contribution >= 0.6 is 0 Å². The lowest BCUT2D eigenvalue weighted by Gasteiger charge is -2.25. The summed E-state index contributed by atoms with van der Waals surface area (Å²) in [6.45, 7) is 8.38. The minimum atomic E-state index is -0.851. The van der Waals surface area contributed by atoms with Gasteiger partial charge < -0.3 is 10.4 Å². The Labute approximate surface area is 126 Å². The smallest absolute Gasteiger partial charge is 0.304 e. The Hall–Kier alpha value is -1.88. The Morgan fingerprint density at radius 2 is 1.95 bits per heavy atom. The molecule has 0 radical (unpaired) electrons. The van der Waals surface area contributed by atoms with Gasteiger partial charge in [-0.1, -0.05) is 12.1 Å². The Morgan fingerprint density at radius 3 is 2.52 bits per heavy atom. The van der Waals surface area contributed by atoms with Gasteiger partial charge in [0.05, 0.1) is 13.0 Å². The van der Waals surface area contributed by atoms with E-state index in [-0.39, 0.29) is 24.9 Å². The number of rotatable bonds is 7. The van der Waals surface area contributed by atoms with Crippen LogP contribution < -0.4 is 5.32 Å². The highest BCUT2D eigenvalue weighted by Gasteiger charge is 2.15. The Morgan fingerprint density at radius 1 is 1.29 bits per heavy atom. The van der Waals surface area contributed by atoms with E-state index >= 15 is 0 Å². The number of nitrogens with zero attached hydrogens (tertiary/aromatic N) is 1. The number of carbonyl (C=O) groups excluding carboxylic acids is 1. The second kappa shape index (κ2) is 7.78. The van der Waals surface area contributed by atoms with Gasteiger partial charge in [0.15, 0.2) is 0 Å². The van der Waals surface area contributed by atoms with Gasteiger partial charge in [0.2, 0.25) is 5.91 Å². The lowest BCUT2D eigenvalue weighted by molar-refractivity contribution is -0.137. The summed E-state index contributed by atoms with van der Waals surface area (Å²) in [5.74, 6) is -0.974. The lowest BCUT2D eigenvalue weighted by Crippen LogP contribution is -2.39. The summed E-state index contributed by atoms with van der Waals surface area (Å²) >= 11 is 0. The number of amides is 1. The molecule has 21 heavy (non-hydrogen) atoms. The normalized spacial score (nSPS) is 11.0. The number of carbonyl (C=O) groups is 2. The van der Waals surface area contributed by atoms with Crippen molar-refractivity contribution in [2.75, 3.05) is 18.4 Å². The molecule has 1 aromatic rings. The van der Waals surface area contributed by atoms with Gasteiger partial charge >= 0.3 is 5.97 Å². The zero-order valence-electron chi connectivity index (χ0n) is 13.1. The molecular weight excluding hydrogens is 268 g/mol. The first-order valence-electron chi connectivity index (χ1n) is 7.12. The SMILES string of the molecule is Cc1ccc(C)c(NC(=O)CN(CCC(=O)O)C(C)C)c1. The largest absolute Gasteiger partial charge is 0.481 e. The first-order chi connectivity index (χ1) is 9.79. The molecule has 0 saturated carbocycles. The molecule has 1 aromatic carbocycles. The second-order valence-corrected chi connectivity index (χ2v) is 5.57. The first kappa shape index (κ1) is 17.2. The van der Waals surface area contributed by atoms with E-state index in [1.54, 1.807) is 0 Å². The Balaban J connectivity index is 2.65. The number of nitrogens with one attached hydrogen (secondary N) is 1. The molecule has 0 fully saturated rings. The molecule has 1 amide bonds. The molecule has 5 nitrogen and oxygen atoms in total. The number of carboxylic acid groups (broad SMARTS) is 1. The van der Waals surface area contributed by atoms with Crippen LogP contribution in [0.3, 0.4) is 0 Å². The van der Waals surface area contributed by atoms with Gasteiger partial charge in [-0.25, -0.2) is 0 Å². The van der Waals surface area contributed by atoms with Crippen LogP contribution in [0.15, 0.2) is 18.2 Å². The molecular formula is C16H24N2O3. The van der Waals surface area contributed by atoms with Crippen molar-refractivity contribution in [1.29, 1.82) is 0 Å². The van der Waals surface area contributed by atoms with Gasteiger partial charge in [0.1, 0.15) is 0 Å². The summed E-state index contributed by atoms with van der Waals surface area (Å²) in [4.78, 5) is 24.6. The Kier molecular flexibility index (Phi) is 6.37. The molecule has 0 spiro atoms. The average molecular weight is 292 g/mol. The molecule has 5 heteroatoms. The number of carboxylic acids is 1. The summed E-state index contributed by atoms with van der Waals surface area (Å²) in [6, 6.07) is 6.02. The van der Waals surface area contributed by atoms with Crippen molar-refractivity contribution in [2.45, 2.75) is 40.2 Å². The lowest BCUT2D eigenvalue weighted by atomic mass is 10.1. The van der Waals surface area contributed by atoms with E-state index in [4.69, 9.17) is 5.11 Å². The van der Waals surface area contributed by atoms with E-state index in [2.05, 4.69) is 5.32 Å². The van der Waals surface area contributed by atoms with Crippen molar-refractivity contribution in [3.05, 3.63) is 29.3 Å². The number of anilines is 1. The average Bonchev–Trinajstić information content (AvgIpc) is 2.38. The summed E-state index contributed by atoms with van der Waals surface area (Å²) < 4.78 is 0. The van der Waals surface area contributed by atoms with Crippen molar-refractivity contribution >= 4 is 17.6 Å². The maximum absolute atomic E-state index is 12.1. The summed E-state index contributed by atoms with van der Waals surface area (Å²) in [6.07, 6.45) is 0.0366. The predicted octanol–water partition coefficient (Wildman–Crippen LogP) is 2.43. The summed E-state index contributed by atoms with van der Waals surface area (Å²) in [7, 11) is 0. The fraction of sp³-hybridized carbons (Fsp3) is 0.500. The van der Waals surface area contributed by atoms with Crippen LogP contribution in [0, 0.1) is 13.8 Å². The second-order valence-electron chi connectivity index (χ2n) is 5.57. The molecule has 0 saturated heterocycles. The van der Waals surface area contributed by atoms with Gasteiger partial charge in [0, 0.05) is 18.3 Å². The third-order valence-corrected chi connectivity index (χ3v) is 3.36. The van der Waals surface area contributed by atoms with E-state index in [1.807, 2.05) is 50.8 Å². The van der Waals surface area contributed by atoms with Gasteiger partial charge in [-0.3, -0.25) is 14.5 Å². The minimum Gasteiger partial charge on any atom is -0.481 e. The molecule has 0 heterocycles. The first-order valence-corrected chi connectivity index (χ1v) is 7.12. The summed E-state index contributed by atoms with van der Waals surface area (Å²) in [5, 5.41) is 11.6. The van der Waals surface area contributed by atoms with Gasteiger partial charge in [-0.05, 0) is 44.9 Å². The molecule has 0 bridgehead atoms. The van der Waals surface area contributed by atoms with Gasteiger partial charge in [-0.2, -0.15) is 0 Å². The van der Waals surface area contributed by atoms with Crippen LogP contribution in [0.25, 0.3) is 0 Å². The van der Waals surface area contributed by atoms with E-state index in [0.29, 0.717) is 6.54 Å². The third kappa shape index (κ3) is 5.95. The van der Waals surface area contributed by atoms with E-state index in [9.17, 15) is 9.59 Å². The fourth-order valence-electron chi connectivity index (χ4n) is 2.00. The summed E-state index contributed by atoms with van der Waals surface area (Å²) in [5.41, 5.74) is 2.90. The van der Waals surface area contributed by atoms with E-state index in [1.165, 1.54) is 0 Å². The number of hydrogen-bond donors (Lipinski definition) is 2. The maximum atomic E-state index is 12.1. The van der Waals surface area contributed by atoms with E-state index in [0.717, 1.165) is 16.8 Å². The van der Waals surface area contributed by atoms with Crippen molar-refractivity contribution in [1.82, 2.24) is 4.90 Å². The van der Waals surface area contributed by atoms with Crippen molar-refractivity contribution in [3.8, 4) is 0 Å². The third-order valence-electron chi connectivity index (χ3n) is 3.36. The number of hydrogen-bond acceptors (Lipinski definition) is 3. The molecule has 0 aliphatic rings. The number of aryl methyl sites for hydroxylation is 2. The fourth-order valence-corrected chi connectivity index (χ4v) is 2.00. The number of aliphatic carboxylic acids is 1. The maximum Gasteiger partial charge on any atom is 0.304 e. The van der Waals surface area contributed by atoms with Crippen molar-refractivity contribution < 1.29 is 14.7 Å². The molecule has 1 rings (SSSR count). The highest BCUT2D eigenvalue weighted by molar-refractivity contribution is 5.93. The van der Waals surface area contributed by atoms with Crippen LogP contribution in [-0.2, 0) is 9.59 Å². The van der Waals surface area contributed by atoms with Gasteiger partial charge in [-0.15, -0.1) is 0 Å². The van der Waals surface area contributed by atoms with Crippen LogP contribution in [-0.4, -0.2) is 41.0 Å². The molecule has 2 N–H and O–H groups in total. The molecule has 116 valence electrons. The Bertz CT molecular complexity index is 512. The van der Waals surface area contributed by atoms with Crippen LogP contribution in [0.2, 0.25) is 0 Å².